The van der Waals surface area contributed by atoms with E-state index < -0.39 is 0 Å². The zero-order valence-electron chi connectivity index (χ0n) is 8.38. The van der Waals surface area contributed by atoms with Gasteiger partial charge < -0.3 is 5.32 Å². The van der Waals surface area contributed by atoms with Gasteiger partial charge in [0.2, 0.25) is 0 Å². The molecule has 0 saturated carbocycles. The summed E-state index contributed by atoms with van der Waals surface area (Å²) in [5.74, 6) is -0.0596. The topological polar surface area (TPSA) is 29.1 Å². The maximum absolute atomic E-state index is 11.6. The quantitative estimate of drug-likeness (QED) is 0.765. The molecule has 0 radical (unpaired) electrons. The number of benzene rings is 1. The third kappa shape index (κ3) is 3.04. The lowest BCUT2D eigenvalue weighted by Crippen LogP contribution is -2.28. The van der Waals surface area contributed by atoms with Gasteiger partial charge in [-0.2, -0.15) is 0 Å². The van der Waals surface area contributed by atoms with Gasteiger partial charge in [-0.25, -0.2) is 0 Å². The summed E-state index contributed by atoms with van der Waals surface area (Å²) in [6.07, 6.45) is 0. The van der Waals surface area contributed by atoms with Crippen LogP contribution in [0.1, 0.15) is 22.8 Å². The Hall–Kier alpha value is -1.02. The van der Waals surface area contributed by atoms with E-state index in [1.54, 1.807) is 0 Å². The molecule has 3 heteroatoms. The zero-order chi connectivity index (χ0) is 10.6. The molecule has 0 aliphatic heterocycles. The predicted octanol–water partition coefficient (Wildman–Crippen LogP) is 2.35. The molecule has 0 bridgehead atoms. The SMILES string of the molecule is Cc1ccccc1C(=O)NCC(C)Cl. The molecule has 1 atom stereocenters. The largest absolute Gasteiger partial charge is 0.351 e. The summed E-state index contributed by atoms with van der Waals surface area (Å²) < 4.78 is 0. The van der Waals surface area contributed by atoms with E-state index in [4.69, 9.17) is 11.6 Å². The average molecular weight is 212 g/mol. The highest BCUT2D eigenvalue weighted by atomic mass is 35.5. The van der Waals surface area contributed by atoms with Crippen molar-refractivity contribution in [3.63, 3.8) is 0 Å². The van der Waals surface area contributed by atoms with E-state index in [2.05, 4.69) is 5.32 Å². The Morgan fingerprint density at radius 3 is 2.71 bits per heavy atom. The molecule has 0 aliphatic carbocycles. The maximum atomic E-state index is 11.6. The van der Waals surface area contributed by atoms with Crippen molar-refractivity contribution in [3.05, 3.63) is 35.4 Å². The number of hydrogen-bond acceptors (Lipinski definition) is 1. The first-order chi connectivity index (χ1) is 6.61. The standard InChI is InChI=1S/C11H14ClNO/c1-8-5-3-4-6-10(8)11(14)13-7-9(2)12/h3-6,9H,7H2,1-2H3,(H,13,14). The number of nitrogens with one attached hydrogen (secondary N) is 1. The average Bonchev–Trinajstić information content (AvgIpc) is 2.15. The van der Waals surface area contributed by atoms with Crippen LogP contribution in [0.2, 0.25) is 0 Å². The predicted molar refractivity (Wildman–Crippen MR) is 58.8 cm³/mol. The lowest BCUT2D eigenvalue weighted by Gasteiger charge is -2.08. The van der Waals surface area contributed by atoms with Crippen molar-refractivity contribution in [2.75, 3.05) is 6.54 Å². The molecular weight excluding hydrogens is 198 g/mol. The third-order valence-corrected chi connectivity index (χ3v) is 2.09. The Morgan fingerprint density at radius 2 is 2.14 bits per heavy atom. The molecule has 1 aromatic carbocycles. The van der Waals surface area contributed by atoms with Gasteiger partial charge in [-0.15, -0.1) is 11.6 Å². The molecule has 0 spiro atoms. The van der Waals surface area contributed by atoms with Gasteiger partial charge >= 0.3 is 0 Å². The monoisotopic (exact) mass is 211 g/mol. The highest BCUT2D eigenvalue weighted by Crippen LogP contribution is 2.06. The molecule has 1 unspecified atom stereocenters. The first kappa shape index (κ1) is 11.1. The zero-order valence-corrected chi connectivity index (χ0v) is 9.14. The molecule has 2 nitrogen and oxygen atoms in total. The molecule has 1 aromatic rings. The van der Waals surface area contributed by atoms with Crippen LogP contribution in [-0.4, -0.2) is 17.8 Å². The molecule has 76 valence electrons. The summed E-state index contributed by atoms with van der Waals surface area (Å²) in [5.41, 5.74) is 1.69. The van der Waals surface area contributed by atoms with Crippen LogP contribution >= 0.6 is 11.6 Å². The molecule has 0 fully saturated rings. The smallest absolute Gasteiger partial charge is 0.251 e. The summed E-state index contributed by atoms with van der Waals surface area (Å²) in [6.45, 7) is 4.26. The molecule has 1 N–H and O–H groups in total. The van der Waals surface area contributed by atoms with Crippen molar-refractivity contribution in [1.29, 1.82) is 0 Å². The van der Waals surface area contributed by atoms with Crippen LogP contribution in [0.25, 0.3) is 0 Å². The summed E-state index contributed by atoms with van der Waals surface area (Å²) in [7, 11) is 0. The normalized spacial score (nSPS) is 12.2. The van der Waals surface area contributed by atoms with E-state index in [1.807, 2.05) is 38.1 Å². The van der Waals surface area contributed by atoms with Crippen LogP contribution in [-0.2, 0) is 0 Å². The minimum Gasteiger partial charge on any atom is -0.351 e. The number of carbonyl (C=O) groups is 1. The van der Waals surface area contributed by atoms with Crippen molar-refractivity contribution in [3.8, 4) is 0 Å². The lowest BCUT2D eigenvalue weighted by atomic mass is 10.1. The Morgan fingerprint density at radius 1 is 1.50 bits per heavy atom. The number of amides is 1. The van der Waals surface area contributed by atoms with E-state index >= 15 is 0 Å². The summed E-state index contributed by atoms with van der Waals surface area (Å²) in [6, 6.07) is 7.49. The fraction of sp³-hybridized carbons (Fsp3) is 0.364. The highest BCUT2D eigenvalue weighted by Gasteiger charge is 2.07. The van der Waals surface area contributed by atoms with Gasteiger partial charge in [0.15, 0.2) is 0 Å². The third-order valence-electron chi connectivity index (χ3n) is 1.93. The summed E-state index contributed by atoms with van der Waals surface area (Å²) in [4.78, 5) is 11.6. The minimum absolute atomic E-state index is 0.0389. The van der Waals surface area contributed by atoms with Gasteiger partial charge in [0, 0.05) is 17.5 Å². The van der Waals surface area contributed by atoms with Crippen LogP contribution in [0.15, 0.2) is 24.3 Å². The van der Waals surface area contributed by atoms with E-state index in [0.29, 0.717) is 12.1 Å². The highest BCUT2D eigenvalue weighted by molar-refractivity contribution is 6.20. The Bertz CT molecular complexity index is 323. The van der Waals surface area contributed by atoms with Gasteiger partial charge in [0.1, 0.15) is 0 Å². The van der Waals surface area contributed by atoms with E-state index in [0.717, 1.165) is 5.56 Å². The van der Waals surface area contributed by atoms with Gasteiger partial charge in [-0.1, -0.05) is 18.2 Å². The van der Waals surface area contributed by atoms with Crippen LogP contribution in [0.5, 0.6) is 0 Å². The molecule has 0 saturated heterocycles. The summed E-state index contributed by atoms with van der Waals surface area (Å²) >= 11 is 5.73. The first-order valence-corrected chi connectivity index (χ1v) is 5.03. The van der Waals surface area contributed by atoms with Gasteiger partial charge in [0.05, 0.1) is 0 Å². The maximum Gasteiger partial charge on any atom is 0.251 e. The second-order valence-electron chi connectivity index (χ2n) is 3.31. The molecule has 0 aliphatic rings. The number of alkyl halides is 1. The number of hydrogen-bond donors (Lipinski definition) is 1. The number of halogens is 1. The van der Waals surface area contributed by atoms with Crippen LogP contribution in [0.4, 0.5) is 0 Å². The van der Waals surface area contributed by atoms with Crippen LogP contribution < -0.4 is 5.32 Å². The minimum atomic E-state index is -0.0596. The fourth-order valence-corrected chi connectivity index (χ4v) is 1.23. The van der Waals surface area contributed by atoms with E-state index in [1.165, 1.54) is 0 Å². The Labute approximate surface area is 89.3 Å². The number of rotatable bonds is 3. The molecule has 14 heavy (non-hydrogen) atoms. The lowest BCUT2D eigenvalue weighted by molar-refractivity contribution is 0.0953. The van der Waals surface area contributed by atoms with Crippen LogP contribution in [0, 0.1) is 6.92 Å². The molecule has 0 heterocycles. The second kappa shape index (κ2) is 5.01. The van der Waals surface area contributed by atoms with Crippen molar-refractivity contribution in [1.82, 2.24) is 5.32 Å². The molecule has 1 rings (SSSR count). The van der Waals surface area contributed by atoms with Crippen molar-refractivity contribution < 1.29 is 4.79 Å². The Kier molecular flexibility index (Phi) is 3.96. The van der Waals surface area contributed by atoms with E-state index in [9.17, 15) is 4.79 Å². The second-order valence-corrected chi connectivity index (χ2v) is 4.05. The number of carbonyl (C=O) groups excluding carboxylic acids is 1. The van der Waals surface area contributed by atoms with Crippen LogP contribution in [0.3, 0.4) is 0 Å². The Balaban J connectivity index is 2.65. The number of aryl methyl sites for hydroxylation is 1. The molecule has 0 aromatic heterocycles. The summed E-state index contributed by atoms with van der Waals surface area (Å²) in [5, 5.41) is 2.73. The molecule has 1 amide bonds. The van der Waals surface area contributed by atoms with Gasteiger partial charge in [0.25, 0.3) is 5.91 Å². The molecular formula is C11H14ClNO. The van der Waals surface area contributed by atoms with Gasteiger partial charge in [-0.3, -0.25) is 4.79 Å². The first-order valence-electron chi connectivity index (χ1n) is 4.59. The van der Waals surface area contributed by atoms with Crippen molar-refractivity contribution in [2.24, 2.45) is 0 Å². The van der Waals surface area contributed by atoms with Crippen molar-refractivity contribution >= 4 is 17.5 Å². The fourth-order valence-electron chi connectivity index (χ4n) is 1.16. The van der Waals surface area contributed by atoms with Crippen molar-refractivity contribution in [2.45, 2.75) is 19.2 Å². The van der Waals surface area contributed by atoms with Gasteiger partial charge in [-0.05, 0) is 25.5 Å². The van der Waals surface area contributed by atoms with E-state index in [-0.39, 0.29) is 11.3 Å².